The third kappa shape index (κ3) is 5.25. The van der Waals surface area contributed by atoms with Gasteiger partial charge in [-0.2, -0.15) is 4.31 Å². The Balaban J connectivity index is 1.71. The highest BCUT2D eigenvalue weighted by Gasteiger charge is 2.39. The Morgan fingerprint density at radius 3 is 2.50 bits per heavy atom. The largest absolute Gasteiger partial charge is 0.353 e. The fourth-order valence-corrected chi connectivity index (χ4v) is 5.04. The molecule has 1 aliphatic rings. The topological polar surface area (TPSA) is 95.6 Å². The molecule has 0 aromatic heterocycles. The summed E-state index contributed by atoms with van der Waals surface area (Å²) in [4.78, 5) is 25.1. The number of amides is 2. The van der Waals surface area contributed by atoms with Crippen LogP contribution in [0, 0.1) is 0 Å². The van der Waals surface area contributed by atoms with Gasteiger partial charge >= 0.3 is 0 Å². The van der Waals surface area contributed by atoms with Crippen molar-refractivity contribution in [3.05, 3.63) is 60.2 Å². The van der Waals surface area contributed by atoms with Crippen LogP contribution in [0.15, 0.2) is 59.5 Å². The molecule has 3 rings (SSSR count). The highest BCUT2D eigenvalue weighted by atomic mass is 32.2. The summed E-state index contributed by atoms with van der Waals surface area (Å²) in [5.41, 5.74) is 1.82. The van der Waals surface area contributed by atoms with Crippen molar-refractivity contribution >= 4 is 27.5 Å². The molecule has 8 heteroatoms. The second kappa shape index (κ2) is 9.86. The van der Waals surface area contributed by atoms with Crippen LogP contribution in [0.3, 0.4) is 0 Å². The van der Waals surface area contributed by atoms with E-state index in [1.54, 1.807) is 18.2 Å². The van der Waals surface area contributed by atoms with E-state index < -0.39 is 27.9 Å². The minimum Gasteiger partial charge on any atom is -0.353 e. The van der Waals surface area contributed by atoms with Crippen LogP contribution in [0.5, 0.6) is 0 Å². The molecule has 2 aromatic rings. The van der Waals surface area contributed by atoms with Crippen molar-refractivity contribution < 1.29 is 18.0 Å². The van der Waals surface area contributed by atoms with Gasteiger partial charge in [0, 0.05) is 18.8 Å². The van der Waals surface area contributed by atoms with Crippen LogP contribution in [-0.4, -0.2) is 43.7 Å². The van der Waals surface area contributed by atoms with Crippen molar-refractivity contribution in [2.45, 2.75) is 43.5 Å². The molecule has 0 spiro atoms. The van der Waals surface area contributed by atoms with Gasteiger partial charge in [-0.05, 0) is 42.7 Å². The summed E-state index contributed by atoms with van der Waals surface area (Å²) in [6.45, 7) is 2.46. The average Bonchev–Trinajstić information content (AvgIpc) is 2.75. The summed E-state index contributed by atoms with van der Waals surface area (Å²) in [5.74, 6) is -0.877. The number of carbonyl (C=O) groups excluding carboxylic acids is 2. The minimum atomic E-state index is -3.88. The molecule has 7 nitrogen and oxygen atoms in total. The molecular weight excluding hydrogens is 402 g/mol. The number of hydrogen-bond donors (Lipinski definition) is 2. The average molecular weight is 430 g/mol. The van der Waals surface area contributed by atoms with Gasteiger partial charge in [-0.15, -0.1) is 0 Å². The smallest absolute Gasteiger partial charge is 0.243 e. The van der Waals surface area contributed by atoms with E-state index in [4.69, 9.17) is 0 Å². The predicted octanol–water partition coefficient (Wildman–Crippen LogP) is 2.55. The Morgan fingerprint density at radius 2 is 1.83 bits per heavy atom. The normalized spacial score (nSPS) is 17.4. The predicted molar refractivity (Wildman–Crippen MR) is 115 cm³/mol. The SMILES string of the molecule is CCCCc1ccc(NC(=O)C[C@@H]2C(=O)NCCN2S(=O)(=O)c2ccccc2)cc1. The van der Waals surface area contributed by atoms with E-state index in [-0.39, 0.29) is 24.4 Å². The van der Waals surface area contributed by atoms with Crippen LogP contribution in [0.2, 0.25) is 0 Å². The first-order valence-corrected chi connectivity index (χ1v) is 11.6. The molecule has 2 amide bonds. The molecule has 1 heterocycles. The maximum atomic E-state index is 13.0. The lowest BCUT2D eigenvalue weighted by Crippen LogP contribution is -2.57. The molecule has 2 aromatic carbocycles. The van der Waals surface area contributed by atoms with Crippen molar-refractivity contribution in [3.8, 4) is 0 Å². The maximum absolute atomic E-state index is 13.0. The third-order valence-corrected chi connectivity index (χ3v) is 6.99. The third-order valence-electron chi connectivity index (χ3n) is 5.07. The molecular formula is C22H27N3O4S. The van der Waals surface area contributed by atoms with Gasteiger partial charge in [0.2, 0.25) is 21.8 Å². The van der Waals surface area contributed by atoms with Crippen molar-refractivity contribution in [1.82, 2.24) is 9.62 Å². The van der Waals surface area contributed by atoms with Gasteiger partial charge in [0.05, 0.1) is 11.3 Å². The maximum Gasteiger partial charge on any atom is 0.243 e. The molecule has 160 valence electrons. The van der Waals surface area contributed by atoms with Crippen molar-refractivity contribution in [3.63, 3.8) is 0 Å². The number of nitrogens with zero attached hydrogens (tertiary/aromatic N) is 1. The Hall–Kier alpha value is -2.71. The summed E-state index contributed by atoms with van der Waals surface area (Å²) in [7, 11) is -3.88. The number of rotatable bonds is 8. The molecule has 30 heavy (non-hydrogen) atoms. The van der Waals surface area contributed by atoms with E-state index in [1.165, 1.54) is 17.7 Å². The van der Waals surface area contributed by atoms with Gasteiger partial charge in [-0.3, -0.25) is 9.59 Å². The van der Waals surface area contributed by atoms with Crippen LogP contribution >= 0.6 is 0 Å². The molecule has 1 saturated heterocycles. The molecule has 0 unspecified atom stereocenters. The number of piperazine rings is 1. The standard InChI is InChI=1S/C22H27N3O4S/c1-2-3-7-17-10-12-18(13-11-17)24-21(26)16-20-22(27)23-14-15-25(20)30(28,29)19-8-5-4-6-9-19/h4-6,8-13,20H,2-3,7,14-16H2,1H3,(H,23,27)(H,24,26)/t20-/m1/s1. The number of carbonyl (C=O) groups is 2. The van der Waals surface area contributed by atoms with Crippen molar-refractivity contribution in [2.24, 2.45) is 0 Å². The van der Waals surface area contributed by atoms with Gasteiger partial charge in [0.1, 0.15) is 6.04 Å². The molecule has 2 N–H and O–H groups in total. The van der Waals surface area contributed by atoms with E-state index in [1.807, 2.05) is 24.3 Å². The highest BCUT2D eigenvalue weighted by molar-refractivity contribution is 7.89. The number of sulfonamides is 1. The fraction of sp³-hybridized carbons (Fsp3) is 0.364. The quantitative estimate of drug-likeness (QED) is 0.674. The summed E-state index contributed by atoms with van der Waals surface area (Å²) < 4.78 is 27.2. The van der Waals surface area contributed by atoms with Crippen LogP contribution < -0.4 is 10.6 Å². The van der Waals surface area contributed by atoms with Gasteiger partial charge in [-0.1, -0.05) is 43.7 Å². The summed E-state index contributed by atoms with van der Waals surface area (Å²) in [5, 5.41) is 5.42. The van der Waals surface area contributed by atoms with Crippen LogP contribution in [0.1, 0.15) is 31.7 Å². The number of nitrogens with one attached hydrogen (secondary N) is 2. The van der Waals surface area contributed by atoms with Gasteiger partial charge in [0.25, 0.3) is 0 Å². The number of anilines is 1. The Morgan fingerprint density at radius 1 is 1.13 bits per heavy atom. The molecule has 1 fully saturated rings. The van der Waals surface area contributed by atoms with E-state index in [9.17, 15) is 18.0 Å². The van der Waals surface area contributed by atoms with Crippen molar-refractivity contribution in [1.29, 1.82) is 0 Å². The van der Waals surface area contributed by atoms with E-state index in [0.29, 0.717) is 5.69 Å². The first kappa shape index (κ1) is 22.0. The second-order valence-electron chi connectivity index (χ2n) is 7.29. The zero-order valence-electron chi connectivity index (χ0n) is 17.0. The number of benzene rings is 2. The Labute approximate surface area is 177 Å². The minimum absolute atomic E-state index is 0.104. The van der Waals surface area contributed by atoms with Crippen LogP contribution in [0.25, 0.3) is 0 Å². The van der Waals surface area contributed by atoms with E-state index in [2.05, 4.69) is 17.6 Å². The lowest BCUT2D eigenvalue weighted by Gasteiger charge is -2.33. The first-order chi connectivity index (χ1) is 14.4. The molecule has 1 aliphatic heterocycles. The lowest BCUT2D eigenvalue weighted by molar-refractivity contribution is -0.130. The molecule has 1 atom stereocenters. The van der Waals surface area contributed by atoms with Gasteiger partial charge in [-0.25, -0.2) is 8.42 Å². The van der Waals surface area contributed by atoms with E-state index in [0.717, 1.165) is 23.6 Å². The van der Waals surface area contributed by atoms with Crippen molar-refractivity contribution in [2.75, 3.05) is 18.4 Å². The fourth-order valence-electron chi connectivity index (χ4n) is 3.43. The van der Waals surface area contributed by atoms with E-state index >= 15 is 0 Å². The monoisotopic (exact) mass is 429 g/mol. The Kier molecular flexibility index (Phi) is 7.23. The zero-order valence-corrected chi connectivity index (χ0v) is 17.8. The number of hydrogen-bond acceptors (Lipinski definition) is 4. The molecule has 0 aliphatic carbocycles. The molecule has 0 radical (unpaired) electrons. The molecule has 0 bridgehead atoms. The zero-order chi connectivity index (χ0) is 21.6. The first-order valence-electron chi connectivity index (χ1n) is 10.1. The van der Waals surface area contributed by atoms with Gasteiger partial charge in [0.15, 0.2) is 0 Å². The summed E-state index contributed by atoms with van der Waals surface area (Å²) >= 11 is 0. The highest BCUT2D eigenvalue weighted by Crippen LogP contribution is 2.22. The molecule has 0 saturated carbocycles. The van der Waals surface area contributed by atoms with Crippen LogP contribution in [-0.2, 0) is 26.0 Å². The van der Waals surface area contributed by atoms with Gasteiger partial charge < -0.3 is 10.6 Å². The van der Waals surface area contributed by atoms with Crippen LogP contribution in [0.4, 0.5) is 5.69 Å². The summed E-state index contributed by atoms with van der Waals surface area (Å²) in [6.07, 6.45) is 2.95. The Bertz CT molecular complexity index is 975. The summed E-state index contributed by atoms with van der Waals surface area (Å²) in [6, 6.07) is 14.4. The number of aryl methyl sites for hydroxylation is 1. The lowest BCUT2D eigenvalue weighted by atomic mass is 10.1. The number of unbranched alkanes of at least 4 members (excludes halogenated alkanes) is 1. The second-order valence-corrected chi connectivity index (χ2v) is 9.18.